The van der Waals surface area contributed by atoms with Crippen molar-refractivity contribution < 1.29 is 23.1 Å². The summed E-state index contributed by atoms with van der Waals surface area (Å²) in [6.07, 6.45) is -1.49. The van der Waals surface area contributed by atoms with Gasteiger partial charge in [-0.05, 0) is 63.4 Å². The average Bonchev–Trinajstić information content (AvgIpc) is 3.31. The van der Waals surface area contributed by atoms with Crippen molar-refractivity contribution in [3.8, 4) is 11.1 Å². The van der Waals surface area contributed by atoms with E-state index in [1.54, 1.807) is 58.0 Å². The van der Waals surface area contributed by atoms with E-state index in [4.69, 9.17) is 4.74 Å². The van der Waals surface area contributed by atoms with Crippen LogP contribution in [-0.2, 0) is 9.53 Å². The van der Waals surface area contributed by atoms with Gasteiger partial charge < -0.3 is 10.1 Å². The van der Waals surface area contributed by atoms with E-state index in [9.17, 15) is 14.0 Å². The number of hydrogen-bond acceptors (Lipinski definition) is 5. The number of rotatable bonds is 4. The van der Waals surface area contributed by atoms with E-state index in [1.165, 1.54) is 18.4 Å². The number of carbonyl (C=O) groups is 2. The van der Waals surface area contributed by atoms with Gasteiger partial charge in [0.15, 0.2) is 10.9 Å². The number of benzene rings is 2. The van der Waals surface area contributed by atoms with Gasteiger partial charge in [-0.3, -0.25) is 9.69 Å². The molecular weight excluding hydrogens is 448 g/mol. The van der Waals surface area contributed by atoms with Crippen molar-refractivity contribution in [1.29, 1.82) is 0 Å². The molecule has 2 atom stereocenters. The fraction of sp³-hybridized carbons (Fsp3) is 0.375. The molecule has 1 fully saturated rings. The van der Waals surface area contributed by atoms with Crippen LogP contribution in [0.5, 0.6) is 0 Å². The predicted molar refractivity (Wildman–Crippen MR) is 126 cm³/mol. The summed E-state index contributed by atoms with van der Waals surface area (Å²) in [7, 11) is 1.47. The summed E-state index contributed by atoms with van der Waals surface area (Å²) in [4.78, 5) is 30.0. The molecule has 4 rings (SSSR count). The number of alkyl halides is 1. The van der Waals surface area contributed by atoms with E-state index in [2.05, 4.69) is 10.3 Å². The number of anilines is 2. The first-order valence-corrected chi connectivity index (χ1v) is 11.4. The number of ether oxygens (including phenoxy) is 1. The number of thiazole rings is 1. The predicted octanol–water partition coefficient (Wildman–Crippen LogP) is 6.08. The SMILES string of the molecule is Cc1ccc(N(C)C(=O)OC(C)(C)C)c(F)c1-c1ccc2nc(NC(=O)[C@@H]3C[C@@H]3F)sc2c1. The Bertz CT molecular complexity index is 1250. The monoisotopic (exact) mass is 473 g/mol. The summed E-state index contributed by atoms with van der Waals surface area (Å²) >= 11 is 1.24. The normalized spacial score (nSPS) is 17.7. The minimum absolute atomic E-state index is 0.104. The fourth-order valence-corrected chi connectivity index (χ4v) is 4.38. The summed E-state index contributed by atoms with van der Waals surface area (Å²) in [5.74, 6) is -1.51. The molecule has 1 saturated carbocycles. The van der Waals surface area contributed by atoms with Crippen LogP contribution >= 0.6 is 11.3 Å². The van der Waals surface area contributed by atoms with E-state index >= 15 is 4.39 Å². The van der Waals surface area contributed by atoms with Gasteiger partial charge in [0.25, 0.3) is 0 Å². The van der Waals surface area contributed by atoms with Crippen molar-refractivity contribution in [2.24, 2.45) is 5.92 Å². The first-order chi connectivity index (χ1) is 15.4. The van der Waals surface area contributed by atoms with Gasteiger partial charge >= 0.3 is 6.09 Å². The highest BCUT2D eigenvalue weighted by Crippen LogP contribution is 2.38. The fourth-order valence-electron chi connectivity index (χ4n) is 3.47. The second-order valence-electron chi connectivity index (χ2n) is 9.18. The second-order valence-corrected chi connectivity index (χ2v) is 10.2. The number of aryl methyl sites for hydroxylation is 1. The van der Waals surface area contributed by atoms with Gasteiger partial charge in [0.2, 0.25) is 5.91 Å². The molecule has 1 aliphatic rings. The average molecular weight is 474 g/mol. The number of amides is 2. The molecule has 1 aromatic heterocycles. The Kier molecular flexibility index (Phi) is 5.86. The van der Waals surface area contributed by atoms with Crippen LogP contribution in [-0.4, -0.2) is 35.8 Å². The van der Waals surface area contributed by atoms with E-state index in [0.29, 0.717) is 27.3 Å². The lowest BCUT2D eigenvalue weighted by Gasteiger charge is -2.25. The molecule has 0 radical (unpaired) electrons. The molecule has 0 unspecified atom stereocenters. The minimum Gasteiger partial charge on any atom is -0.443 e. The van der Waals surface area contributed by atoms with E-state index < -0.39 is 29.6 Å². The standard InChI is InChI=1S/C24H25F2N3O3S/c1-12-6-9-17(29(5)23(31)32-24(2,3)4)20(26)19(12)13-7-8-16-18(10-13)33-22(27-16)28-21(30)14-11-15(14)25/h6-10,14-15H,11H2,1-5H3,(H,27,28,30)/t14-,15+/m1/s1. The Hall–Kier alpha value is -3.07. The third-order valence-corrected chi connectivity index (χ3v) is 6.25. The van der Waals surface area contributed by atoms with Crippen LogP contribution in [0.15, 0.2) is 30.3 Å². The summed E-state index contributed by atoms with van der Waals surface area (Å²) in [6, 6.07) is 8.58. The molecule has 3 aromatic rings. The zero-order valence-corrected chi connectivity index (χ0v) is 19.8. The Balaban J connectivity index is 1.65. The summed E-state index contributed by atoms with van der Waals surface area (Å²) < 4.78 is 34.9. The van der Waals surface area contributed by atoms with Gasteiger partial charge in [-0.15, -0.1) is 0 Å². The first-order valence-electron chi connectivity index (χ1n) is 10.6. The number of nitrogens with zero attached hydrogens (tertiary/aromatic N) is 2. The Morgan fingerprint density at radius 1 is 1.24 bits per heavy atom. The summed E-state index contributed by atoms with van der Waals surface area (Å²) in [5.41, 5.74) is 1.73. The molecule has 1 heterocycles. The molecule has 6 nitrogen and oxygen atoms in total. The molecule has 0 saturated heterocycles. The quantitative estimate of drug-likeness (QED) is 0.499. The highest BCUT2D eigenvalue weighted by Gasteiger charge is 2.43. The zero-order chi connectivity index (χ0) is 24.1. The van der Waals surface area contributed by atoms with Gasteiger partial charge in [0.05, 0.1) is 21.8 Å². The number of carbonyl (C=O) groups excluding carboxylic acids is 2. The number of fused-ring (bicyclic) bond motifs is 1. The van der Waals surface area contributed by atoms with Gasteiger partial charge in [-0.25, -0.2) is 18.6 Å². The van der Waals surface area contributed by atoms with E-state index in [1.807, 2.05) is 0 Å². The smallest absolute Gasteiger partial charge is 0.414 e. The van der Waals surface area contributed by atoms with Gasteiger partial charge in [-0.2, -0.15) is 0 Å². The van der Waals surface area contributed by atoms with E-state index in [0.717, 1.165) is 9.60 Å². The number of nitrogens with one attached hydrogen (secondary N) is 1. The Labute approximate surface area is 194 Å². The van der Waals surface area contributed by atoms with Crippen molar-refractivity contribution in [3.05, 3.63) is 41.7 Å². The van der Waals surface area contributed by atoms with Crippen LogP contribution in [0.2, 0.25) is 0 Å². The van der Waals surface area contributed by atoms with E-state index in [-0.39, 0.29) is 18.0 Å². The molecule has 2 amide bonds. The summed E-state index contributed by atoms with van der Waals surface area (Å²) in [6.45, 7) is 7.03. The maximum absolute atomic E-state index is 15.6. The lowest BCUT2D eigenvalue weighted by atomic mass is 9.98. The lowest BCUT2D eigenvalue weighted by Crippen LogP contribution is -2.34. The van der Waals surface area contributed by atoms with Gasteiger partial charge in [0.1, 0.15) is 11.8 Å². The Morgan fingerprint density at radius 2 is 1.94 bits per heavy atom. The molecule has 9 heteroatoms. The van der Waals surface area contributed by atoms with Crippen LogP contribution in [0.4, 0.5) is 24.4 Å². The number of halogens is 2. The zero-order valence-electron chi connectivity index (χ0n) is 19.0. The van der Waals surface area contributed by atoms with Crippen LogP contribution < -0.4 is 10.2 Å². The molecule has 1 aliphatic carbocycles. The van der Waals surface area contributed by atoms with Gasteiger partial charge in [-0.1, -0.05) is 23.5 Å². The maximum Gasteiger partial charge on any atom is 0.414 e. The largest absolute Gasteiger partial charge is 0.443 e. The van der Waals surface area contributed by atoms with Crippen LogP contribution in [0.25, 0.3) is 21.3 Å². The van der Waals surface area contributed by atoms with Crippen molar-refractivity contribution in [1.82, 2.24) is 4.98 Å². The topological polar surface area (TPSA) is 71.5 Å². The molecule has 0 spiro atoms. The van der Waals surface area contributed by atoms with Gasteiger partial charge in [0, 0.05) is 12.6 Å². The van der Waals surface area contributed by atoms with Crippen LogP contribution in [0.3, 0.4) is 0 Å². The lowest BCUT2D eigenvalue weighted by molar-refractivity contribution is -0.117. The molecular formula is C24H25F2N3O3S. The van der Waals surface area contributed by atoms with Crippen molar-refractivity contribution in [3.63, 3.8) is 0 Å². The maximum atomic E-state index is 15.6. The molecule has 0 bridgehead atoms. The molecule has 33 heavy (non-hydrogen) atoms. The molecule has 2 aromatic carbocycles. The third-order valence-electron chi connectivity index (χ3n) is 5.32. The molecule has 1 N–H and O–H groups in total. The number of hydrogen-bond donors (Lipinski definition) is 1. The highest BCUT2D eigenvalue weighted by molar-refractivity contribution is 7.22. The summed E-state index contributed by atoms with van der Waals surface area (Å²) in [5, 5.41) is 3.03. The van der Waals surface area contributed by atoms with Crippen LogP contribution in [0, 0.1) is 18.7 Å². The van der Waals surface area contributed by atoms with Crippen LogP contribution in [0.1, 0.15) is 32.8 Å². The minimum atomic E-state index is -1.08. The van der Waals surface area contributed by atoms with Crippen molar-refractivity contribution in [2.75, 3.05) is 17.3 Å². The molecule has 174 valence electrons. The van der Waals surface area contributed by atoms with Crippen molar-refractivity contribution >= 4 is 44.4 Å². The Morgan fingerprint density at radius 3 is 2.58 bits per heavy atom. The first kappa shape index (κ1) is 23.1. The second kappa shape index (κ2) is 8.37. The molecule has 0 aliphatic heterocycles. The van der Waals surface area contributed by atoms with Crippen molar-refractivity contribution in [2.45, 2.75) is 45.9 Å². The number of aromatic nitrogens is 1. The third kappa shape index (κ3) is 4.83. The highest BCUT2D eigenvalue weighted by atomic mass is 32.1.